The monoisotopic (exact) mass is 407 g/mol. The van der Waals surface area contributed by atoms with Crippen molar-refractivity contribution < 1.29 is 27.1 Å². The van der Waals surface area contributed by atoms with Crippen LogP contribution in [-0.2, 0) is 9.59 Å². The summed E-state index contributed by atoms with van der Waals surface area (Å²) < 4.78 is 0. The minimum absolute atomic E-state index is 0. The maximum atomic E-state index is 12.2. The van der Waals surface area contributed by atoms with Crippen molar-refractivity contribution in [3.63, 3.8) is 0 Å². The summed E-state index contributed by atoms with van der Waals surface area (Å²) >= 11 is 0. The second kappa shape index (κ2) is 11.9. The smallest absolute Gasteiger partial charge is 0.326 e. The summed E-state index contributed by atoms with van der Waals surface area (Å²) in [6, 6.07) is 6.66. The van der Waals surface area contributed by atoms with Crippen molar-refractivity contribution >= 4 is 23.3 Å². The van der Waals surface area contributed by atoms with Crippen LogP contribution in [0, 0.1) is 24.2 Å². The zero-order valence-electron chi connectivity index (χ0n) is 16.9. The Morgan fingerprint density at radius 1 is 1.29 bits per heavy atom. The number of nitrogens with one attached hydrogen (secondary N) is 2. The van der Waals surface area contributed by atoms with Gasteiger partial charge in [0.2, 0.25) is 0 Å². The van der Waals surface area contributed by atoms with Gasteiger partial charge in [-0.25, -0.2) is 4.79 Å². The molecule has 1 atom stereocenters. The topological polar surface area (TPSA) is 105 Å². The number of benzene rings is 1. The van der Waals surface area contributed by atoms with Crippen molar-refractivity contribution in [3.05, 3.63) is 35.5 Å². The van der Waals surface area contributed by atoms with Gasteiger partial charge in [-0.15, -0.1) is 0 Å². The lowest BCUT2D eigenvalue weighted by molar-refractivity contribution is -0.142. The molecule has 1 aromatic rings. The van der Waals surface area contributed by atoms with Gasteiger partial charge in [0.25, 0.3) is 5.91 Å². The number of rotatable bonds is 9. The Balaban J connectivity index is 0.00000729. The number of carboxylic acids is 1. The van der Waals surface area contributed by atoms with Gasteiger partial charge < -0.3 is 33.0 Å². The molecule has 1 aromatic carbocycles. The van der Waals surface area contributed by atoms with Gasteiger partial charge in [0.1, 0.15) is 17.7 Å². The van der Waals surface area contributed by atoms with E-state index in [9.17, 15) is 14.9 Å². The molecule has 0 aromatic heterocycles. The first-order valence-electron chi connectivity index (χ1n) is 9.01. The maximum Gasteiger partial charge on any atom is 0.326 e. The van der Waals surface area contributed by atoms with Crippen molar-refractivity contribution in [2.45, 2.75) is 40.7 Å². The van der Waals surface area contributed by atoms with Crippen molar-refractivity contribution in [2.24, 2.45) is 5.92 Å². The highest BCUT2D eigenvalue weighted by atomic mass is 35.5. The minimum atomic E-state index is -1.13. The first-order chi connectivity index (χ1) is 12.7. The summed E-state index contributed by atoms with van der Waals surface area (Å²) in [5.74, 6) is -2.15. The van der Waals surface area contributed by atoms with Gasteiger partial charge in [-0.2, -0.15) is 5.26 Å². The van der Waals surface area contributed by atoms with Crippen LogP contribution in [-0.4, -0.2) is 36.1 Å². The van der Waals surface area contributed by atoms with Crippen LogP contribution in [0.4, 0.5) is 11.4 Å². The average molecular weight is 408 g/mol. The van der Waals surface area contributed by atoms with Crippen LogP contribution in [0.2, 0.25) is 0 Å². The molecule has 154 valence electrons. The third kappa shape index (κ3) is 6.78. The van der Waals surface area contributed by atoms with Crippen LogP contribution in [0.15, 0.2) is 30.0 Å². The van der Waals surface area contributed by atoms with Crippen LogP contribution in [0.3, 0.4) is 0 Å². The summed E-state index contributed by atoms with van der Waals surface area (Å²) in [4.78, 5) is 25.6. The van der Waals surface area contributed by atoms with E-state index in [1.54, 1.807) is 13.8 Å². The molecule has 0 saturated carbocycles. The van der Waals surface area contributed by atoms with E-state index >= 15 is 0 Å². The van der Waals surface area contributed by atoms with Gasteiger partial charge in [0.05, 0.1) is 0 Å². The number of hydrogen-bond donors (Lipinski definition) is 3. The molecule has 1 rings (SSSR count). The number of hydrogen-bond acceptors (Lipinski definition) is 5. The summed E-state index contributed by atoms with van der Waals surface area (Å²) in [7, 11) is 0. The predicted octanol–water partition coefficient (Wildman–Crippen LogP) is -0.110. The number of nitriles is 1. The lowest BCUT2D eigenvalue weighted by Crippen LogP contribution is -3.00. The van der Waals surface area contributed by atoms with Gasteiger partial charge >= 0.3 is 5.97 Å². The Morgan fingerprint density at radius 2 is 1.89 bits per heavy atom. The SMILES string of the molecule is CCN(CC)c1ccc(N/C=C(/C#N)C(=O)NC(C(=O)O)C(C)C)c(C)c1.[Cl-]. The molecule has 0 aliphatic carbocycles. The molecule has 0 bridgehead atoms. The highest BCUT2D eigenvalue weighted by Gasteiger charge is 2.24. The number of halogens is 1. The number of carbonyl (C=O) groups excluding carboxylic acids is 1. The van der Waals surface area contributed by atoms with Crippen LogP contribution >= 0.6 is 0 Å². The molecule has 0 radical (unpaired) electrons. The summed E-state index contributed by atoms with van der Waals surface area (Å²) in [5, 5.41) is 23.8. The highest BCUT2D eigenvalue weighted by Crippen LogP contribution is 2.22. The van der Waals surface area contributed by atoms with E-state index in [4.69, 9.17) is 5.11 Å². The van der Waals surface area contributed by atoms with E-state index in [2.05, 4.69) is 29.4 Å². The zero-order chi connectivity index (χ0) is 20.6. The number of aliphatic carboxylic acids is 1. The molecule has 0 saturated heterocycles. The third-order valence-electron chi connectivity index (χ3n) is 4.29. The fraction of sp³-hybridized carbons (Fsp3) is 0.450. The van der Waals surface area contributed by atoms with E-state index in [1.165, 1.54) is 6.20 Å². The van der Waals surface area contributed by atoms with E-state index in [-0.39, 0.29) is 23.9 Å². The van der Waals surface area contributed by atoms with Crippen LogP contribution in [0.1, 0.15) is 33.3 Å². The predicted molar refractivity (Wildman–Crippen MR) is 106 cm³/mol. The van der Waals surface area contributed by atoms with Crippen LogP contribution in [0.5, 0.6) is 0 Å². The third-order valence-corrected chi connectivity index (χ3v) is 4.29. The van der Waals surface area contributed by atoms with E-state index in [1.807, 2.05) is 31.2 Å². The number of carbonyl (C=O) groups is 2. The van der Waals surface area contributed by atoms with Crippen LogP contribution in [0.25, 0.3) is 0 Å². The molecule has 0 heterocycles. The van der Waals surface area contributed by atoms with E-state index in [0.29, 0.717) is 0 Å². The van der Waals surface area contributed by atoms with Crippen molar-refractivity contribution in [1.82, 2.24) is 5.32 Å². The number of carboxylic acid groups (broad SMARTS) is 1. The quantitative estimate of drug-likeness (QED) is 0.389. The molecule has 1 amide bonds. The largest absolute Gasteiger partial charge is 1.00 e. The van der Waals surface area contributed by atoms with Crippen molar-refractivity contribution in [2.75, 3.05) is 23.3 Å². The molecule has 28 heavy (non-hydrogen) atoms. The Morgan fingerprint density at radius 3 is 2.32 bits per heavy atom. The maximum absolute atomic E-state index is 12.2. The Bertz CT molecular complexity index is 752. The summed E-state index contributed by atoms with van der Waals surface area (Å²) in [6.45, 7) is 11.3. The normalized spacial score (nSPS) is 11.8. The van der Waals surface area contributed by atoms with Gasteiger partial charge in [0.15, 0.2) is 0 Å². The average Bonchev–Trinajstić information content (AvgIpc) is 2.62. The number of aryl methyl sites for hydroxylation is 1. The first kappa shape index (κ1) is 25.3. The molecule has 0 spiro atoms. The van der Waals surface area contributed by atoms with Gasteiger partial charge in [-0.05, 0) is 50.5 Å². The van der Waals surface area contributed by atoms with Gasteiger partial charge in [0, 0.05) is 30.7 Å². The second-order valence-corrected chi connectivity index (χ2v) is 6.52. The highest BCUT2D eigenvalue weighted by molar-refractivity contribution is 5.99. The summed E-state index contributed by atoms with van der Waals surface area (Å²) in [6.07, 6.45) is 1.30. The lowest BCUT2D eigenvalue weighted by atomic mass is 10.0. The van der Waals surface area contributed by atoms with Gasteiger partial charge in [-0.1, -0.05) is 13.8 Å². The second-order valence-electron chi connectivity index (χ2n) is 6.52. The minimum Gasteiger partial charge on any atom is -1.00 e. The standard InChI is InChI=1S/C20H28N4O3.ClH/c1-6-24(7-2)16-8-9-17(14(5)10-16)22-12-15(11-21)19(25)23-18(13(3)4)20(26)27;/h8-10,12-13,18,22H,6-7H2,1-5H3,(H,23,25)(H,26,27);1H/p-1/b15-12-;. The summed E-state index contributed by atoms with van der Waals surface area (Å²) in [5.41, 5.74) is 2.66. The number of anilines is 2. The van der Waals surface area contributed by atoms with E-state index in [0.717, 1.165) is 30.0 Å². The van der Waals surface area contributed by atoms with Crippen molar-refractivity contribution in [3.8, 4) is 6.07 Å². The number of nitrogens with zero attached hydrogens (tertiary/aromatic N) is 2. The fourth-order valence-electron chi connectivity index (χ4n) is 2.63. The Hall–Kier alpha value is -2.72. The molecule has 0 aliphatic heterocycles. The molecule has 7 nitrogen and oxygen atoms in total. The zero-order valence-corrected chi connectivity index (χ0v) is 17.7. The van der Waals surface area contributed by atoms with Gasteiger partial charge in [-0.3, -0.25) is 4.79 Å². The molecule has 1 unspecified atom stereocenters. The first-order valence-corrected chi connectivity index (χ1v) is 9.01. The lowest BCUT2D eigenvalue weighted by Gasteiger charge is -2.22. The van der Waals surface area contributed by atoms with E-state index < -0.39 is 17.9 Å². The molecule has 3 N–H and O–H groups in total. The Labute approximate surface area is 172 Å². The molecular weight excluding hydrogens is 380 g/mol. The number of amides is 1. The molecular formula is C20H28ClN4O3-. The van der Waals surface area contributed by atoms with Crippen molar-refractivity contribution in [1.29, 1.82) is 5.26 Å². The fourth-order valence-corrected chi connectivity index (χ4v) is 2.63. The molecule has 8 heteroatoms. The molecule has 0 aliphatic rings. The molecule has 0 fully saturated rings. The van der Waals surface area contributed by atoms with Crippen LogP contribution < -0.4 is 27.9 Å². The Kier molecular flexibility index (Phi) is 10.7.